The van der Waals surface area contributed by atoms with Crippen molar-refractivity contribution in [3.63, 3.8) is 0 Å². The minimum Gasteiger partial charge on any atom is -0.326 e. The van der Waals surface area contributed by atoms with E-state index in [2.05, 4.69) is 17.4 Å². The lowest BCUT2D eigenvalue weighted by Crippen LogP contribution is -2.32. The Morgan fingerprint density at radius 3 is 2.75 bits per heavy atom. The molecule has 2 amide bonds. The number of benzene rings is 1. The van der Waals surface area contributed by atoms with Gasteiger partial charge in [-0.25, -0.2) is 5.48 Å². The summed E-state index contributed by atoms with van der Waals surface area (Å²) in [5, 5.41) is 11.9. The van der Waals surface area contributed by atoms with Crippen molar-refractivity contribution in [3.8, 4) is 10.4 Å². The molecule has 1 saturated heterocycles. The largest absolute Gasteiger partial charge is 0.326 e. The number of anilines is 1. The summed E-state index contributed by atoms with van der Waals surface area (Å²) in [6, 6.07) is 11.9. The third kappa shape index (κ3) is 5.08. The van der Waals surface area contributed by atoms with Gasteiger partial charge in [-0.3, -0.25) is 14.8 Å². The lowest BCUT2D eigenvalue weighted by molar-refractivity contribution is -0.129. The molecule has 0 spiro atoms. The number of thioether (sulfide) groups is 1. The summed E-state index contributed by atoms with van der Waals surface area (Å²) in [7, 11) is 0. The van der Waals surface area contributed by atoms with Crippen LogP contribution in [0.5, 0.6) is 0 Å². The third-order valence-electron chi connectivity index (χ3n) is 4.73. The number of hydroxylamine groups is 1. The summed E-state index contributed by atoms with van der Waals surface area (Å²) < 4.78 is -0.292. The van der Waals surface area contributed by atoms with Gasteiger partial charge in [0.15, 0.2) is 0 Å². The maximum Gasteiger partial charge on any atom is 0.245 e. The first-order valence-electron chi connectivity index (χ1n) is 9.20. The predicted molar refractivity (Wildman–Crippen MR) is 116 cm³/mol. The molecule has 3 N–H and O–H groups in total. The first-order valence-corrected chi connectivity index (χ1v) is 11.5. The number of nitrogens with one attached hydrogen (secondary N) is 2. The van der Waals surface area contributed by atoms with E-state index in [1.165, 1.54) is 0 Å². The molecule has 150 valence electrons. The monoisotopic (exact) mass is 438 g/mol. The number of carbonyl (C=O) groups excluding carboxylic acids is 2. The minimum absolute atomic E-state index is 0.105. The highest BCUT2D eigenvalue weighted by molar-refractivity contribution is 8.00. The second kappa shape index (κ2) is 9.78. The van der Waals surface area contributed by atoms with Crippen LogP contribution in [0.15, 0.2) is 36.4 Å². The van der Waals surface area contributed by atoms with E-state index in [1.807, 2.05) is 24.3 Å². The van der Waals surface area contributed by atoms with Crippen LogP contribution in [-0.2, 0) is 14.3 Å². The normalized spacial score (nSPS) is 19.2. The van der Waals surface area contributed by atoms with Crippen LogP contribution in [0, 0.1) is 0 Å². The molecular weight excluding hydrogens is 416 g/mol. The number of hydrogen-bond donors (Lipinski definition) is 3. The Kier molecular flexibility index (Phi) is 7.40. The van der Waals surface area contributed by atoms with E-state index >= 15 is 0 Å². The van der Waals surface area contributed by atoms with Crippen molar-refractivity contribution in [2.75, 3.05) is 16.9 Å². The molecule has 1 aliphatic rings. The van der Waals surface area contributed by atoms with E-state index in [9.17, 15) is 9.59 Å². The molecule has 2 heterocycles. The van der Waals surface area contributed by atoms with Gasteiger partial charge in [0.25, 0.3) is 0 Å². The zero-order valence-electron chi connectivity index (χ0n) is 15.4. The van der Waals surface area contributed by atoms with Crippen molar-refractivity contribution < 1.29 is 14.8 Å². The van der Waals surface area contributed by atoms with Crippen molar-refractivity contribution >= 4 is 52.2 Å². The van der Waals surface area contributed by atoms with Crippen LogP contribution in [0.25, 0.3) is 10.4 Å². The number of thiophene rings is 1. The summed E-state index contributed by atoms with van der Waals surface area (Å²) in [5.74, 6) is 0.842. The molecule has 5 nitrogen and oxygen atoms in total. The number of alkyl halides is 1. The Hall–Kier alpha value is -1.54. The van der Waals surface area contributed by atoms with Gasteiger partial charge in [0, 0.05) is 34.2 Å². The fraction of sp³-hybridized carbons (Fsp3) is 0.400. The molecule has 0 saturated carbocycles. The van der Waals surface area contributed by atoms with Crippen LogP contribution in [0.3, 0.4) is 0 Å². The highest BCUT2D eigenvalue weighted by Gasteiger charge is 2.38. The highest BCUT2D eigenvalue weighted by atomic mass is 35.5. The molecule has 1 atom stereocenters. The summed E-state index contributed by atoms with van der Waals surface area (Å²) in [6.45, 7) is 0. The molecule has 0 unspecified atom stereocenters. The predicted octanol–water partition coefficient (Wildman–Crippen LogP) is 4.99. The van der Waals surface area contributed by atoms with E-state index < -0.39 is 0 Å². The molecule has 1 aromatic carbocycles. The summed E-state index contributed by atoms with van der Waals surface area (Å²) in [4.78, 5) is 25.9. The number of amides is 2. The first kappa shape index (κ1) is 21.2. The number of carbonyl (C=O) groups is 2. The average molecular weight is 439 g/mol. The van der Waals surface area contributed by atoms with E-state index in [0.717, 1.165) is 46.0 Å². The smallest absolute Gasteiger partial charge is 0.245 e. The maximum absolute atomic E-state index is 11.9. The van der Waals surface area contributed by atoms with Crippen LogP contribution >= 0.6 is 34.7 Å². The summed E-state index contributed by atoms with van der Waals surface area (Å²) in [6.07, 6.45) is 3.68. The van der Waals surface area contributed by atoms with Crippen LogP contribution in [0.2, 0.25) is 0 Å². The van der Waals surface area contributed by atoms with E-state index in [0.29, 0.717) is 5.88 Å². The highest BCUT2D eigenvalue weighted by Crippen LogP contribution is 2.50. The van der Waals surface area contributed by atoms with E-state index in [1.54, 1.807) is 28.6 Å². The number of rotatable bonds is 7. The fourth-order valence-corrected chi connectivity index (χ4v) is 6.43. The Balaban J connectivity index is 1.84. The van der Waals surface area contributed by atoms with Gasteiger partial charge < -0.3 is 5.32 Å². The summed E-state index contributed by atoms with van der Waals surface area (Å²) >= 11 is 9.09. The summed E-state index contributed by atoms with van der Waals surface area (Å²) in [5.41, 5.74) is 3.54. The average Bonchev–Trinajstić information content (AvgIpc) is 3.20. The second-order valence-corrected chi connectivity index (χ2v) is 9.68. The van der Waals surface area contributed by atoms with E-state index in [-0.39, 0.29) is 29.4 Å². The van der Waals surface area contributed by atoms with Gasteiger partial charge in [-0.05, 0) is 48.4 Å². The fourth-order valence-electron chi connectivity index (χ4n) is 3.37. The zero-order chi connectivity index (χ0) is 20.0. The molecule has 0 bridgehead atoms. The van der Waals surface area contributed by atoms with Crippen molar-refractivity contribution in [2.45, 2.75) is 36.9 Å². The van der Waals surface area contributed by atoms with E-state index in [4.69, 9.17) is 16.8 Å². The third-order valence-corrected chi connectivity index (χ3v) is 8.00. The second-order valence-electron chi connectivity index (χ2n) is 6.74. The Bertz CT molecular complexity index is 834. The number of halogens is 1. The Morgan fingerprint density at radius 1 is 1.18 bits per heavy atom. The quantitative estimate of drug-likeness (QED) is 0.323. The van der Waals surface area contributed by atoms with Gasteiger partial charge in [0.2, 0.25) is 11.8 Å². The van der Waals surface area contributed by atoms with Crippen molar-refractivity contribution in [2.24, 2.45) is 0 Å². The van der Waals surface area contributed by atoms with Crippen LogP contribution in [0.1, 0.15) is 37.0 Å². The van der Waals surface area contributed by atoms with Crippen LogP contribution in [-0.4, -0.2) is 28.7 Å². The number of hydrogen-bond acceptors (Lipinski definition) is 5. The van der Waals surface area contributed by atoms with Gasteiger partial charge in [0.05, 0.1) is 4.75 Å². The molecule has 1 aliphatic heterocycles. The molecule has 28 heavy (non-hydrogen) atoms. The SMILES string of the molecule is O=C(C[C@]1(c2ccc(-c3cccc(NC(=O)CCCl)c3)s2)CCCCS1)NO. The van der Waals surface area contributed by atoms with Crippen LogP contribution < -0.4 is 10.8 Å². The van der Waals surface area contributed by atoms with Crippen molar-refractivity contribution in [3.05, 3.63) is 41.3 Å². The standard InChI is InChI=1S/C20H23ClN2O3S2/c21-10-8-18(24)22-15-5-3-4-14(12-15)16-6-7-17(28-16)20(13-19(25)23-26)9-1-2-11-27-20/h3-7,12,26H,1-2,8-11,13H2,(H,22,24)(H,23,25)/t20-/m0/s1. The molecule has 1 fully saturated rings. The van der Waals surface area contributed by atoms with Gasteiger partial charge in [-0.1, -0.05) is 18.6 Å². The molecule has 3 rings (SSSR count). The first-order chi connectivity index (χ1) is 13.6. The maximum atomic E-state index is 11.9. The van der Waals surface area contributed by atoms with Gasteiger partial charge in [-0.2, -0.15) is 0 Å². The van der Waals surface area contributed by atoms with Crippen molar-refractivity contribution in [1.82, 2.24) is 5.48 Å². The Labute approximate surface area is 177 Å². The molecular formula is C20H23ClN2O3S2. The molecule has 1 aromatic heterocycles. The van der Waals surface area contributed by atoms with Gasteiger partial charge in [-0.15, -0.1) is 34.7 Å². The molecule has 0 radical (unpaired) electrons. The van der Waals surface area contributed by atoms with Gasteiger partial charge in [0.1, 0.15) is 0 Å². The topological polar surface area (TPSA) is 78.4 Å². The van der Waals surface area contributed by atoms with Crippen molar-refractivity contribution in [1.29, 1.82) is 0 Å². The minimum atomic E-state index is -0.353. The zero-order valence-corrected chi connectivity index (χ0v) is 17.8. The lowest BCUT2D eigenvalue weighted by Gasteiger charge is -2.35. The molecule has 8 heteroatoms. The van der Waals surface area contributed by atoms with Crippen LogP contribution in [0.4, 0.5) is 5.69 Å². The molecule has 0 aliphatic carbocycles. The van der Waals surface area contributed by atoms with Gasteiger partial charge >= 0.3 is 0 Å². The lowest BCUT2D eigenvalue weighted by atomic mass is 9.94. The molecule has 2 aromatic rings. The Morgan fingerprint density at radius 2 is 2.04 bits per heavy atom.